The van der Waals surface area contributed by atoms with Gasteiger partial charge in [0, 0.05) is 17.6 Å². The molecule has 5 nitrogen and oxygen atoms in total. The van der Waals surface area contributed by atoms with Crippen LogP contribution in [0.5, 0.6) is 11.6 Å². The molecule has 6 heteroatoms. The van der Waals surface area contributed by atoms with Crippen LogP contribution in [0, 0.1) is 0 Å². The molecule has 1 aromatic carbocycles. The van der Waals surface area contributed by atoms with Crippen LogP contribution < -0.4 is 16.2 Å². The summed E-state index contributed by atoms with van der Waals surface area (Å²) in [6.07, 6.45) is 1.68. The molecule has 0 saturated heterocycles. The summed E-state index contributed by atoms with van der Waals surface area (Å²) in [7, 11) is 0. The molecule has 4 N–H and O–H groups in total. The van der Waals surface area contributed by atoms with E-state index in [1.165, 1.54) is 0 Å². The molecule has 20 heavy (non-hydrogen) atoms. The fraction of sp³-hybridized carbons (Fsp3) is 0. The van der Waals surface area contributed by atoms with Gasteiger partial charge in [0.05, 0.1) is 10.7 Å². The smallest absolute Gasteiger partial charge is 0.221 e. The number of hydrogen-bond acceptors (Lipinski definition) is 5. The predicted octanol–water partition coefficient (Wildman–Crippen LogP) is 3.24. The van der Waals surface area contributed by atoms with Gasteiger partial charge in [0.25, 0.3) is 0 Å². The van der Waals surface area contributed by atoms with Crippen molar-refractivity contribution in [3.8, 4) is 11.6 Å². The van der Waals surface area contributed by atoms with Crippen molar-refractivity contribution in [2.45, 2.75) is 0 Å². The summed E-state index contributed by atoms with van der Waals surface area (Å²) in [5.74, 6) is 1.14. The fourth-order valence-electron chi connectivity index (χ4n) is 1.83. The van der Waals surface area contributed by atoms with E-state index in [0.29, 0.717) is 27.9 Å². The van der Waals surface area contributed by atoms with E-state index in [9.17, 15) is 0 Å². The summed E-state index contributed by atoms with van der Waals surface area (Å²) < 4.78 is 5.71. The van der Waals surface area contributed by atoms with Crippen molar-refractivity contribution >= 4 is 34.0 Å². The van der Waals surface area contributed by atoms with Crippen LogP contribution in [0.25, 0.3) is 10.9 Å². The van der Waals surface area contributed by atoms with E-state index in [1.54, 1.807) is 30.5 Å². The maximum atomic E-state index is 6.13. The Morgan fingerprint density at radius 3 is 2.70 bits per heavy atom. The molecular formula is C14H11ClN4O. The third-order valence-electron chi connectivity index (χ3n) is 2.83. The third kappa shape index (κ3) is 2.19. The molecule has 0 aliphatic rings. The molecule has 0 bridgehead atoms. The van der Waals surface area contributed by atoms with Crippen LogP contribution >= 0.6 is 11.6 Å². The third-order valence-corrected chi connectivity index (χ3v) is 3.16. The van der Waals surface area contributed by atoms with E-state index in [4.69, 9.17) is 27.8 Å². The van der Waals surface area contributed by atoms with Crippen molar-refractivity contribution in [3.63, 3.8) is 0 Å². The zero-order valence-electron chi connectivity index (χ0n) is 10.4. The summed E-state index contributed by atoms with van der Waals surface area (Å²) in [5.41, 5.74) is 12.4. The largest absolute Gasteiger partial charge is 0.437 e. The predicted molar refractivity (Wildman–Crippen MR) is 79.9 cm³/mol. The molecule has 0 amide bonds. The van der Waals surface area contributed by atoms with Gasteiger partial charge >= 0.3 is 0 Å². The average molecular weight is 287 g/mol. The van der Waals surface area contributed by atoms with E-state index in [1.807, 2.05) is 12.1 Å². The Morgan fingerprint density at radius 1 is 1.05 bits per heavy atom. The van der Waals surface area contributed by atoms with Gasteiger partial charge in [0.1, 0.15) is 5.52 Å². The molecule has 100 valence electrons. The molecule has 0 radical (unpaired) electrons. The Bertz CT molecular complexity index is 791. The second-order valence-electron chi connectivity index (χ2n) is 4.17. The molecule has 0 saturated carbocycles. The monoisotopic (exact) mass is 286 g/mol. The zero-order chi connectivity index (χ0) is 14.1. The van der Waals surface area contributed by atoms with Crippen molar-refractivity contribution in [1.29, 1.82) is 0 Å². The van der Waals surface area contributed by atoms with Crippen LogP contribution in [0.3, 0.4) is 0 Å². The van der Waals surface area contributed by atoms with E-state index < -0.39 is 0 Å². The standard InChI is InChI=1S/C14H11ClN4O/c15-9-3-5-11(13-8(9)2-1-7-18-13)20-12-6-4-10(16)14(17)19-12/h1-7H,16H2,(H2,17,19). The topological polar surface area (TPSA) is 87.0 Å². The number of aromatic nitrogens is 2. The maximum absolute atomic E-state index is 6.13. The molecular weight excluding hydrogens is 276 g/mol. The van der Waals surface area contributed by atoms with Crippen LogP contribution in [0.15, 0.2) is 42.6 Å². The van der Waals surface area contributed by atoms with Gasteiger partial charge in [-0.3, -0.25) is 4.98 Å². The second kappa shape index (κ2) is 4.86. The van der Waals surface area contributed by atoms with E-state index in [0.717, 1.165) is 5.39 Å². The lowest BCUT2D eigenvalue weighted by molar-refractivity contribution is 0.468. The van der Waals surface area contributed by atoms with Gasteiger partial charge in [-0.25, -0.2) is 0 Å². The Balaban J connectivity index is 2.06. The van der Waals surface area contributed by atoms with E-state index in [-0.39, 0.29) is 5.82 Å². The highest BCUT2D eigenvalue weighted by Crippen LogP contribution is 2.32. The Kier molecular flexibility index (Phi) is 3.04. The number of anilines is 2. The molecule has 0 spiro atoms. The summed E-state index contributed by atoms with van der Waals surface area (Å²) in [6, 6.07) is 10.5. The molecule has 0 aliphatic carbocycles. The van der Waals surface area contributed by atoms with E-state index >= 15 is 0 Å². The normalized spacial score (nSPS) is 10.7. The first-order valence-corrected chi connectivity index (χ1v) is 6.26. The lowest BCUT2D eigenvalue weighted by atomic mass is 10.2. The highest BCUT2D eigenvalue weighted by molar-refractivity contribution is 6.35. The van der Waals surface area contributed by atoms with E-state index in [2.05, 4.69) is 9.97 Å². The highest BCUT2D eigenvalue weighted by Gasteiger charge is 2.09. The first kappa shape index (κ1) is 12.5. The number of fused-ring (bicyclic) bond motifs is 1. The van der Waals surface area contributed by atoms with Crippen molar-refractivity contribution in [2.75, 3.05) is 11.5 Å². The fourth-order valence-corrected chi connectivity index (χ4v) is 2.05. The number of nitrogen functional groups attached to an aromatic ring is 2. The molecule has 0 unspecified atom stereocenters. The molecule has 0 aliphatic heterocycles. The molecule has 2 aromatic heterocycles. The van der Waals surface area contributed by atoms with Crippen molar-refractivity contribution in [3.05, 3.63) is 47.6 Å². The maximum Gasteiger partial charge on any atom is 0.221 e. The Hall–Kier alpha value is -2.53. The number of benzene rings is 1. The Labute approximate surface area is 120 Å². The van der Waals surface area contributed by atoms with Crippen molar-refractivity contribution < 1.29 is 4.74 Å². The van der Waals surface area contributed by atoms with Gasteiger partial charge in [-0.15, -0.1) is 0 Å². The number of ether oxygens (including phenoxy) is 1. The number of rotatable bonds is 2. The quantitative estimate of drug-likeness (QED) is 0.755. The average Bonchev–Trinajstić information content (AvgIpc) is 2.46. The zero-order valence-corrected chi connectivity index (χ0v) is 11.1. The first-order chi connectivity index (χ1) is 9.65. The van der Waals surface area contributed by atoms with Crippen molar-refractivity contribution in [2.24, 2.45) is 0 Å². The SMILES string of the molecule is Nc1ccc(Oc2ccc(Cl)c3cccnc23)nc1N. The number of pyridine rings is 2. The van der Waals surface area contributed by atoms with Crippen LogP contribution in [-0.4, -0.2) is 9.97 Å². The first-order valence-electron chi connectivity index (χ1n) is 5.88. The minimum atomic E-state index is 0.230. The highest BCUT2D eigenvalue weighted by atomic mass is 35.5. The summed E-state index contributed by atoms with van der Waals surface area (Å²) >= 11 is 6.13. The summed E-state index contributed by atoms with van der Waals surface area (Å²) in [4.78, 5) is 8.35. The van der Waals surface area contributed by atoms with Crippen molar-refractivity contribution in [1.82, 2.24) is 9.97 Å². The minimum absolute atomic E-state index is 0.230. The van der Waals surface area contributed by atoms with Crippen LogP contribution in [0.4, 0.5) is 11.5 Å². The number of nitrogens with zero attached hydrogens (tertiary/aromatic N) is 2. The van der Waals surface area contributed by atoms with Gasteiger partial charge in [-0.05, 0) is 30.3 Å². The lowest BCUT2D eigenvalue weighted by Gasteiger charge is -2.09. The Morgan fingerprint density at radius 2 is 1.90 bits per heavy atom. The minimum Gasteiger partial charge on any atom is -0.437 e. The van der Waals surface area contributed by atoms with Gasteiger partial charge in [-0.1, -0.05) is 11.6 Å². The summed E-state index contributed by atoms with van der Waals surface area (Å²) in [5, 5.41) is 1.43. The van der Waals surface area contributed by atoms with Crippen LogP contribution in [-0.2, 0) is 0 Å². The van der Waals surface area contributed by atoms with Gasteiger partial charge in [0.2, 0.25) is 5.88 Å². The molecule has 0 fully saturated rings. The molecule has 3 aromatic rings. The number of hydrogen-bond donors (Lipinski definition) is 2. The molecule has 0 atom stereocenters. The molecule has 2 heterocycles. The van der Waals surface area contributed by atoms with Gasteiger partial charge in [0.15, 0.2) is 11.6 Å². The number of nitrogens with two attached hydrogens (primary N) is 2. The summed E-state index contributed by atoms with van der Waals surface area (Å²) in [6.45, 7) is 0. The second-order valence-corrected chi connectivity index (χ2v) is 4.58. The molecule has 3 rings (SSSR count). The lowest BCUT2D eigenvalue weighted by Crippen LogP contribution is -1.99. The number of halogens is 1. The van der Waals surface area contributed by atoms with Crippen LogP contribution in [0.2, 0.25) is 5.02 Å². The van der Waals surface area contributed by atoms with Crippen LogP contribution in [0.1, 0.15) is 0 Å². The van der Waals surface area contributed by atoms with Gasteiger partial charge < -0.3 is 16.2 Å². The van der Waals surface area contributed by atoms with Gasteiger partial charge in [-0.2, -0.15) is 4.98 Å².